The Hall–Kier alpha value is -1.17. The van der Waals surface area contributed by atoms with E-state index >= 15 is 0 Å². The second-order valence-corrected chi connectivity index (χ2v) is 6.16. The van der Waals surface area contributed by atoms with Crippen LogP contribution in [0.2, 0.25) is 0 Å². The molecule has 3 nitrogen and oxygen atoms in total. The molecule has 1 aromatic carbocycles. The molecule has 0 radical (unpaired) electrons. The van der Waals surface area contributed by atoms with Crippen LogP contribution in [0.15, 0.2) is 46.3 Å². The van der Waals surface area contributed by atoms with Crippen molar-refractivity contribution >= 4 is 33.2 Å². The van der Waals surface area contributed by atoms with Crippen LogP contribution in [0, 0.1) is 0 Å². The summed E-state index contributed by atoms with van der Waals surface area (Å²) in [7, 11) is 0. The highest BCUT2D eigenvalue weighted by atomic mass is 79.9. The summed E-state index contributed by atoms with van der Waals surface area (Å²) in [6.45, 7) is 0.525. The molecule has 0 unspecified atom stereocenters. The van der Waals surface area contributed by atoms with Crippen LogP contribution in [-0.2, 0) is 17.8 Å². The lowest BCUT2D eigenvalue weighted by molar-refractivity contribution is -0.122. The number of thiophene rings is 1. The van der Waals surface area contributed by atoms with Crippen molar-refractivity contribution in [2.45, 2.75) is 19.0 Å². The summed E-state index contributed by atoms with van der Waals surface area (Å²) in [6, 6.07) is 11.3. The zero-order chi connectivity index (χ0) is 13.7. The van der Waals surface area contributed by atoms with Crippen molar-refractivity contribution in [2.24, 2.45) is 5.73 Å². The lowest BCUT2D eigenvalue weighted by Gasteiger charge is -2.11. The number of benzene rings is 1. The van der Waals surface area contributed by atoms with E-state index in [1.54, 1.807) is 11.3 Å². The molecule has 1 amide bonds. The predicted octanol–water partition coefficient (Wildman–Crippen LogP) is 2.70. The molecule has 0 fully saturated rings. The monoisotopic (exact) mass is 338 g/mol. The predicted molar refractivity (Wildman–Crippen MR) is 82.0 cm³/mol. The number of amides is 1. The minimum absolute atomic E-state index is 0.117. The fraction of sp³-hybridized carbons (Fsp3) is 0.214. The van der Waals surface area contributed by atoms with Crippen molar-refractivity contribution < 1.29 is 4.79 Å². The molecule has 2 aromatic rings. The van der Waals surface area contributed by atoms with E-state index in [1.807, 2.05) is 41.8 Å². The quantitative estimate of drug-likeness (QED) is 0.880. The number of nitrogens with two attached hydrogens (primary N) is 1. The van der Waals surface area contributed by atoms with Crippen LogP contribution in [0.1, 0.15) is 10.4 Å². The Morgan fingerprint density at radius 3 is 2.74 bits per heavy atom. The van der Waals surface area contributed by atoms with Crippen LogP contribution in [0.4, 0.5) is 0 Å². The molecule has 0 aliphatic rings. The van der Waals surface area contributed by atoms with Crippen LogP contribution in [0.25, 0.3) is 0 Å². The van der Waals surface area contributed by atoms with E-state index in [1.165, 1.54) is 0 Å². The topological polar surface area (TPSA) is 55.1 Å². The first-order valence-corrected chi connectivity index (χ1v) is 7.62. The van der Waals surface area contributed by atoms with Gasteiger partial charge in [-0.1, -0.05) is 30.3 Å². The Bertz CT molecular complexity index is 541. The van der Waals surface area contributed by atoms with Gasteiger partial charge in [-0.15, -0.1) is 11.3 Å². The molecule has 0 saturated carbocycles. The lowest BCUT2D eigenvalue weighted by atomic mass is 10.1. The minimum Gasteiger partial charge on any atom is -0.350 e. The molecule has 0 aliphatic carbocycles. The van der Waals surface area contributed by atoms with Crippen molar-refractivity contribution in [2.75, 3.05) is 0 Å². The molecule has 100 valence electrons. The number of halogens is 1. The Morgan fingerprint density at radius 1 is 1.37 bits per heavy atom. The van der Waals surface area contributed by atoms with Crippen LogP contribution in [0.5, 0.6) is 0 Å². The van der Waals surface area contributed by atoms with Crippen LogP contribution < -0.4 is 11.1 Å². The number of hydrogen-bond acceptors (Lipinski definition) is 3. The summed E-state index contributed by atoms with van der Waals surface area (Å²) in [5.74, 6) is -0.117. The molecule has 1 heterocycles. The van der Waals surface area contributed by atoms with Gasteiger partial charge in [-0.25, -0.2) is 0 Å². The van der Waals surface area contributed by atoms with Crippen molar-refractivity contribution in [3.8, 4) is 0 Å². The molecule has 5 heteroatoms. The van der Waals surface area contributed by atoms with E-state index in [0.29, 0.717) is 13.0 Å². The van der Waals surface area contributed by atoms with E-state index in [4.69, 9.17) is 5.73 Å². The van der Waals surface area contributed by atoms with Gasteiger partial charge in [-0.3, -0.25) is 4.79 Å². The standard InChI is InChI=1S/C14H15BrN2OS/c15-11-7-12(19-9-11)8-17-14(18)13(16)6-10-4-2-1-3-5-10/h1-5,7,9,13H,6,8,16H2,(H,17,18)/t13-/m0/s1. The van der Waals surface area contributed by atoms with Gasteiger partial charge in [0.15, 0.2) is 0 Å². The first kappa shape index (κ1) is 14.2. The first-order valence-electron chi connectivity index (χ1n) is 5.95. The molecule has 3 N–H and O–H groups in total. The second kappa shape index (κ2) is 6.84. The van der Waals surface area contributed by atoms with Gasteiger partial charge < -0.3 is 11.1 Å². The summed E-state index contributed by atoms with van der Waals surface area (Å²) in [5.41, 5.74) is 6.97. The molecule has 19 heavy (non-hydrogen) atoms. The van der Waals surface area contributed by atoms with Gasteiger partial charge in [0.2, 0.25) is 5.91 Å². The van der Waals surface area contributed by atoms with Crippen molar-refractivity contribution in [3.63, 3.8) is 0 Å². The maximum atomic E-state index is 11.9. The number of carbonyl (C=O) groups is 1. The number of rotatable bonds is 5. The minimum atomic E-state index is -0.509. The largest absolute Gasteiger partial charge is 0.350 e. The fourth-order valence-corrected chi connectivity index (χ4v) is 3.10. The van der Waals surface area contributed by atoms with Gasteiger partial charge in [0.05, 0.1) is 12.6 Å². The van der Waals surface area contributed by atoms with Crippen LogP contribution in [0.3, 0.4) is 0 Å². The third-order valence-corrected chi connectivity index (χ3v) is 4.39. The average Bonchev–Trinajstić information content (AvgIpc) is 2.83. The zero-order valence-electron chi connectivity index (χ0n) is 10.3. The summed E-state index contributed by atoms with van der Waals surface area (Å²) < 4.78 is 1.04. The van der Waals surface area contributed by atoms with Crippen molar-refractivity contribution in [3.05, 3.63) is 56.7 Å². The molecule has 0 bridgehead atoms. The highest BCUT2D eigenvalue weighted by Crippen LogP contribution is 2.19. The molecule has 1 aromatic heterocycles. The number of nitrogens with one attached hydrogen (secondary N) is 1. The molecule has 1 atom stereocenters. The Labute approximate surface area is 125 Å². The zero-order valence-corrected chi connectivity index (χ0v) is 12.7. The van der Waals surface area contributed by atoms with Gasteiger partial charge in [0.1, 0.15) is 0 Å². The third-order valence-electron chi connectivity index (χ3n) is 2.69. The van der Waals surface area contributed by atoms with E-state index < -0.39 is 6.04 Å². The Kier molecular flexibility index (Phi) is 5.13. The summed E-state index contributed by atoms with van der Waals surface area (Å²) in [4.78, 5) is 13.0. The summed E-state index contributed by atoms with van der Waals surface area (Å²) in [5, 5.41) is 4.85. The highest BCUT2D eigenvalue weighted by Gasteiger charge is 2.13. The maximum absolute atomic E-state index is 11.9. The van der Waals surface area contributed by atoms with Crippen molar-refractivity contribution in [1.82, 2.24) is 5.32 Å². The van der Waals surface area contributed by atoms with Gasteiger partial charge in [-0.05, 0) is 34.0 Å². The van der Waals surface area contributed by atoms with Crippen LogP contribution in [-0.4, -0.2) is 11.9 Å². The normalized spacial score (nSPS) is 12.1. The average molecular weight is 339 g/mol. The lowest BCUT2D eigenvalue weighted by Crippen LogP contribution is -2.41. The van der Waals surface area contributed by atoms with E-state index in [2.05, 4.69) is 21.2 Å². The molecule has 2 rings (SSSR count). The molecule has 0 spiro atoms. The molecular formula is C14H15BrN2OS. The Balaban J connectivity index is 1.82. The van der Waals surface area contributed by atoms with Gasteiger partial charge in [0, 0.05) is 14.7 Å². The SMILES string of the molecule is N[C@@H](Cc1ccccc1)C(=O)NCc1cc(Br)cs1. The second-order valence-electron chi connectivity index (χ2n) is 4.25. The van der Waals surface area contributed by atoms with Gasteiger partial charge >= 0.3 is 0 Å². The Morgan fingerprint density at radius 2 is 2.11 bits per heavy atom. The van der Waals surface area contributed by atoms with E-state index in [-0.39, 0.29) is 5.91 Å². The summed E-state index contributed by atoms with van der Waals surface area (Å²) >= 11 is 4.99. The highest BCUT2D eigenvalue weighted by molar-refractivity contribution is 9.10. The molecular weight excluding hydrogens is 324 g/mol. The van der Waals surface area contributed by atoms with Gasteiger partial charge in [-0.2, -0.15) is 0 Å². The van der Waals surface area contributed by atoms with E-state index in [0.717, 1.165) is 14.9 Å². The first-order chi connectivity index (χ1) is 9.15. The van der Waals surface area contributed by atoms with Crippen molar-refractivity contribution in [1.29, 1.82) is 0 Å². The third kappa shape index (κ3) is 4.45. The van der Waals surface area contributed by atoms with E-state index in [9.17, 15) is 4.79 Å². The molecule has 0 aliphatic heterocycles. The fourth-order valence-electron chi connectivity index (χ4n) is 1.71. The smallest absolute Gasteiger partial charge is 0.237 e. The number of hydrogen-bond donors (Lipinski definition) is 2. The van der Waals surface area contributed by atoms with Crippen LogP contribution >= 0.6 is 27.3 Å². The molecule has 0 saturated heterocycles. The number of carbonyl (C=O) groups excluding carboxylic acids is 1. The van der Waals surface area contributed by atoms with Gasteiger partial charge in [0.25, 0.3) is 0 Å². The maximum Gasteiger partial charge on any atom is 0.237 e. The summed E-state index contributed by atoms with van der Waals surface area (Å²) in [6.07, 6.45) is 0.556.